The average molecular weight is 1780 g/mol. The Kier molecular flexibility index (Phi) is 28.2. The number of rotatable bonds is 18. The highest BCUT2D eigenvalue weighted by atomic mass is 35.5. The number of hydrazine groups is 1. The molecule has 0 radical (unpaired) electrons. The molecule has 6 aromatic carbocycles. The third-order valence-corrected chi connectivity index (χ3v) is 22.0. The lowest BCUT2D eigenvalue weighted by atomic mass is 9.84. The zero-order valence-electron chi connectivity index (χ0n) is 66.0. The van der Waals surface area contributed by atoms with Gasteiger partial charge in [-0.05, 0) is 145 Å². The minimum Gasteiger partial charge on any atom is -0.508 e. The molecule has 0 aliphatic carbocycles. The first-order valence-electron chi connectivity index (χ1n) is 38.3. The highest BCUT2D eigenvalue weighted by Gasteiger charge is 2.52. The molecule has 1 aromatic heterocycles. The molecule has 7 aliphatic heterocycles. The number of carbonyl (C=O) groups excluding carboxylic acids is 10. The molecule has 123 heavy (non-hydrogen) atoms. The summed E-state index contributed by atoms with van der Waals surface area (Å²) in [5.41, 5.74) is 6.56. The predicted octanol–water partition coefficient (Wildman–Crippen LogP) is 2.97. The van der Waals surface area contributed by atoms with Crippen molar-refractivity contribution in [3.63, 3.8) is 0 Å². The summed E-state index contributed by atoms with van der Waals surface area (Å²) in [6.45, 7) is 6.68. The molecule has 11 bridgehead atoms. The topological polar surface area (TPSA) is 579 Å². The second-order valence-electron chi connectivity index (χ2n) is 30.5. The number of pyridine rings is 1. The van der Waals surface area contributed by atoms with Crippen LogP contribution in [0.15, 0.2) is 116 Å². The Bertz CT molecular complexity index is 5270. The summed E-state index contributed by atoms with van der Waals surface area (Å²) in [7, 11) is 1.47. The van der Waals surface area contributed by atoms with Crippen molar-refractivity contribution in [1.82, 2.24) is 58.4 Å². The lowest BCUT2D eigenvalue weighted by Crippen LogP contribution is -2.65. The third kappa shape index (κ3) is 20.6. The fourth-order valence-electron chi connectivity index (χ4n) is 14.7. The van der Waals surface area contributed by atoms with Crippen molar-refractivity contribution in [2.45, 2.75) is 170 Å². The maximum absolute atomic E-state index is 16.3. The molecule has 10 amide bonds. The third-order valence-electron chi connectivity index (χ3n) is 21.0. The number of benzene rings is 6. The Labute approximate surface area is 720 Å². The van der Waals surface area contributed by atoms with Gasteiger partial charge in [-0.2, -0.15) is 0 Å². The second-order valence-corrected chi connectivity index (χ2v) is 32.2. The van der Waals surface area contributed by atoms with Crippen molar-refractivity contribution in [3.8, 4) is 57.1 Å². The molecule has 8 heterocycles. The fraction of sp³-hybridized carbons (Fsp3) is 0.370. The largest absolute Gasteiger partial charge is 0.508 e. The Hall–Kier alpha value is -11.3. The molecule has 22 N–H and O–H groups in total. The fourth-order valence-corrected chi connectivity index (χ4v) is 15.7. The molecule has 7 aromatic rings. The van der Waals surface area contributed by atoms with Crippen molar-refractivity contribution in [2.75, 3.05) is 19.0 Å². The van der Waals surface area contributed by atoms with Gasteiger partial charge in [-0.1, -0.05) is 78.5 Å². The summed E-state index contributed by atoms with van der Waals surface area (Å²) in [6, 6.07) is 5.18. The smallest absolute Gasteiger partial charge is 0.265 e. The number of hydrogen-bond acceptors (Lipinski definition) is 28. The Balaban J connectivity index is 1.03. The number of aliphatic hydroxyl groups excluding tert-OH is 6. The van der Waals surface area contributed by atoms with E-state index < -0.39 is 254 Å². The standard InChI is InChI=1S/C81H87Cl4N13O25/c1-31(2)13-48(87-6)73(111)95-63-65(105)36-8-11-52(46(84)16-36)119-54-18-38-19-55(69(54)123-80-70(68(108)67(107)56(30-99)121-80)122-58-26-81(5,71(109)32(3)118-58)89-28-34-14-39(29-88-27-34)72(110)90-42-21-40(82)20-41(83)22-42)120-53-12-9-37(17-47(53)85)66(106)64-78(116)94-62(79(117)98-97-33(4)100)45-23-43(101)24-51(103)59(45)44-15-35(7-10-50(44)102)60(75(113)96-64)93-76(114)61(38)92-74(112)49(25-57(86)104)91-77(63)115/h7-12,14-24,27,29,31-32,48-49,56,58,60-68,70-71,80,87,89,99,101-103,105-109H,13,25-26,28,30H2,1-6H3,(H2,86,104)(H,90,110)(H,91,115)(H,92,112)(H,93,114)(H,94,116)(H,95,111)(H,96,113)(H,97,100)(H,98,117)/t32?,48?,49?,56?,58?,60?,61?,62-,63?,64?,65?,66?,67?,68?,70?,71?,80?,81-/m1/s1. The van der Waals surface area contributed by atoms with Crippen LogP contribution in [0.3, 0.4) is 0 Å². The molecule has 654 valence electrons. The van der Waals surface area contributed by atoms with E-state index in [0.29, 0.717) is 11.3 Å². The maximum atomic E-state index is 16.3. The van der Waals surface area contributed by atoms with Crippen LogP contribution in [0.1, 0.15) is 128 Å². The van der Waals surface area contributed by atoms with Gasteiger partial charge < -0.3 is 128 Å². The number of carbonyl (C=O) groups is 10. The molecule has 2 fully saturated rings. The SMILES string of the molecule is CNC(CC(C)C)C(=O)NC1C(=O)NC(CC(N)=O)C(=O)NC2C(=O)NC3C(=O)NC(C(=O)N[C@@H](C(=O)NNC(C)=O)c4cc(O)cc(O)c4-c4cc3ccc4O)C(O)c3ccc(c(Cl)c3)Oc3cc2cc(c3OC2OC(CO)C(O)C(O)C2OC2C[C@@](C)(NCc3cncc(C(=O)Nc4cc(Cl)cc(Cl)c4)c3)C(O)C(C)O2)Oc2ccc(cc2Cl)C1O. The van der Waals surface area contributed by atoms with Crippen molar-refractivity contribution in [2.24, 2.45) is 11.7 Å². The second kappa shape index (κ2) is 38.2. The molecular formula is C81H87Cl4N13O25. The summed E-state index contributed by atoms with van der Waals surface area (Å²) in [6.07, 6.45) is -16.7. The molecule has 42 heteroatoms. The lowest BCUT2D eigenvalue weighted by molar-refractivity contribution is -0.334. The number of fused-ring (bicyclic) bond motifs is 15. The van der Waals surface area contributed by atoms with E-state index in [-0.39, 0.29) is 63.4 Å². The molecule has 0 saturated carbocycles. The van der Waals surface area contributed by atoms with Crippen LogP contribution in [0.2, 0.25) is 20.1 Å². The van der Waals surface area contributed by atoms with Gasteiger partial charge in [0, 0.05) is 70.7 Å². The normalized spacial score (nSPS) is 26.1. The molecule has 2 saturated heterocycles. The lowest BCUT2D eigenvalue weighted by Gasteiger charge is -2.48. The number of phenols is 3. The molecule has 38 nitrogen and oxygen atoms in total. The van der Waals surface area contributed by atoms with Gasteiger partial charge in [0.05, 0.1) is 46.9 Å². The van der Waals surface area contributed by atoms with E-state index in [9.17, 15) is 69.9 Å². The number of halogens is 4. The van der Waals surface area contributed by atoms with E-state index in [1.165, 1.54) is 62.8 Å². The first kappa shape index (κ1) is 90.9. The number of nitrogens with two attached hydrogens (primary N) is 1. The first-order chi connectivity index (χ1) is 58.3. The van der Waals surface area contributed by atoms with Gasteiger partial charge in [0.2, 0.25) is 59.3 Å². The van der Waals surface area contributed by atoms with Crippen LogP contribution in [0.5, 0.6) is 46.0 Å². The molecule has 18 atom stereocenters. The summed E-state index contributed by atoms with van der Waals surface area (Å²) in [4.78, 5) is 150. The maximum Gasteiger partial charge on any atom is 0.265 e. The van der Waals surface area contributed by atoms with Crippen LogP contribution in [-0.4, -0.2) is 203 Å². The summed E-state index contributed by atoms with van der Waals surface area (Å²) in [5, 5.41) is 130. The van der Waals surface area contributed by atoms with Crippen LogP contribution >= 0.6 is 46.4 Å². The van der Waals surface area contributed by atoms with E-state index >= 15 is 24.0 Å². The molecule has 0 spiro atoms. The van der Waals surface area contributed by atoms with Gasteiger partial charge in [0.15, 0.2) is 23.9 Å². The van der Waals surface area contributed by atoms with Crippen LogP contribution in [0, 0.1) is 5.92 Å². The van der Waals surface area contributed by atoms with Crippen molar-refractivity contribution in [1.29, 1.82) is 0 Å². The van der Waals surface area contributed by atoms with Gasteiger partial charge in [-0.3, -0.25) is 63.8 Å². The summed E-state index contributed by atoms with van der Waals surface area (Å²) < 4.78 is 39.5. The number of aromatic hydroxyl groups is 3. The quantitative estimate of drug-likeness (QED) is 0.0549. The van der Waals surface area contributed by atoms with E-state index in [1.54, 1.807) is 6.92 Å². The number of nitrogens with zero attached hydrogens (tertiary/aromatic N) is 1. The van der Waals surface area contributed by atoms with Crippen LogP contribution < -0.4 is 78.6 Å². The Morgan fingerprint density at radius 1 is 0.683 bits per heavy atom. The molecular weight excluding hydrogens is 1700 g/mol. The number of primary amides is 1. The van der Waals surface area contributed by atoms with Crippen LogP contribution in [0.25, 0.3) is 11.1 Å². The number of aliphatic hydroxyl groups is 6. The van der Waals surface area contributed by atoms with E-state index in [1.807, 2.05) is 13.8 Å². The van der Waals surface area contributed by atoms with Gasteiger partial charge in [-0.25, -0.2) is 0 Å². The summed E-state index contributed by atoms with van der Waals surface area (Å²) >= 11 is 26.7. The Morgan fingerprint density at radius 3 is 1.94 bits per heavy atom. The zero-order chi connectivity index (χ0) is 89.1. The predicted molar refractivity (Wildman–Crippen MR) is 435 cm³/mol. The Morgan fingerprint density at radius 2 is 1.32 bits per heavy atom. The first-order valence-corrected chi connectivity index (χ1v) is 39.8. The number of likely N-dealkylation sites (N-methyl/N-ethyl adjacent to an activating group) is 1. The number of nitrogens with one attached hydrogen (secondary N) is 11. The minimum absolute atomic E-state index is 0.0537. The number of aromatic nitrogens is 1. The van der Waals surface area contributed by atoms with Crippen molar-refractivity contribution in [3.05, 3.63) is 175 Å². The molecule has 14 rings (SSSR count). The highest BCUT2D eigenvalue weighted by Crippen LogP contribution is 2.50. The minimum atomic E-state index is -2.40. The van der Waals surface area contributed by atoms with Crippen LogP contribution in [-0.2, 0) is 63.9 Å². The van der Waals surface area contributed by atoms with E-state index in [0.717, 1.165) is 73.7 Å². The molecule has 7 aliphatic rings. The molecule has 16 unspecified atom stereocenters. The summed E-state index contributed by atoms with van der Waals surface area (Å²) in [5.74, 6) is -17.2. The number of ether oxygens (including phenoxy) is 6. The van der Waals surface area contributed by atoms with Gasteiger partial charge in [0.25, 0.3) is 11.8 Å². The van der Waals surface area contributed by atoms with Crippen molar-refractivity contribution < 1.29 is 122 Å². The van der Waals surface area contributed by atoms with E-state index in [2.05, 4.69) is 63.7 Å². The number of amides is 10. The number of hydrogen-bond donors (Lipinski definition) is 21. The zero-order valence-corrected chi connectivity index (χ0v) is 69.0. The van der Waals surface area contributed by atoms with E-state index in [4.69, 9.17) is 80.6 Å². The van der Waals surface area contributed by atoms with Crippen LogP contribution in [0.4, 0.5) is 5.69 Å². The van der Waals surface area contributed by atoms with Gasteiger partial charge >= 0.3 is 0 Å². The highest BCUT2D eigenvalue weighted by molar-refractivity contribution is 6.35. The average Bonchev–Trinajstić information content (AvgIpc) is 0.759. The van der Waals surface area contributed by atoms with Crippen molar-refractivity contribution >= 4 is 111 Å². The number of anilines is 1. The monoisotopic (exact) mass is 1780 g/mol. The van der Waals surface area contributed by atoms with Gasteiger partial charge in [-0.15, -0.1) is 0 Å². The van der Waals surface area contributed by atoms with Gasteiger partial charge in [0.1, 0.15) is 95.5 Å². The number of phenolic OH excluding ortho intramolecular Hbond substituents is 3.